The molecule has 0 bridgehead atoms. The number of alkyl halides is 3. The highest BCUT2D eigenvalue weighted by atomic mass is 32.2. The average Bonchev–Trinajstić information content (AvgIpc) is 2.53. The Labute approximate surface area is 138 Å². The van der Waals surface area contributed by atoms with Crippen molar-refractivity contribution in [3.05, 3.63) is 65.7 Å². The van der Waals surface area contributed by atoms with E-state index in [1.165, 1.54) is 6.92 Å². The third-order valence-electron chi connectivity index (χ3n) is 3.49. The van der Waals surface area contributed by atoms with Crippen LogP contribution in [0.25, 0.3) is 0 Å². The fourth-order valence-electron chi connectivity index (χ4n) is 2.04. The number of hydrogen-bond donors (Lipinski definition) is 2. The van der Waals surface area contributed by atoms with Crippen LogP contribution < -0.4 is 4.72 Å². The summed E-state index contributed by atoms with van der Waals surface area (Å²) in [5.74, 6) is 0. The number of sulfonamides is 1. The first-order valence-corrected chi connectivity index (χ1v) is 8.45. The van der Waals surface area contributed by atoms with Gasteiger partial charge in [-0.15, -0.1) is 0 Å². The molecule has 2 rings (SSSR count). The second kappa shape index (κ2) is 6.54. The summed E-state index contributed by atoms with van der Waals surface area (Å²) in [4.78, 5) is -0.306. The minimum atomic E-state index is -4.54. The van der Waals surface area contributed by atoms with E-state index < -0.39 is 27.4 Å². The van der Waals surface area contributed by atoms with Gasteiger partial charge in [-0.3, -0.25) is 0 Å². The van der Waals surface area contributed by atoms with Crippen LogP contribution in [0.1, 0.15) is 18.1 Å². The lowest BCUT2D eigenvalue weighted by atomic mass is 9.97. The Hall–Kier alpha value is -1.90. The molecule has 8 heteroatoms. The van der Waals surface area contributed by atoms with Gasteiger partial charge in [-0.25, -0.2) is 13.1 Å². The number of aliphatic hydroxyl groups is 1. The van der Waals surface area contributed by atoms with E-state index in [0.717, 1.165) is 12.1 Å². The molecule has 130 valence electrons. The molecule has 0 saturated heterocycles. The minimum absolute atomic E-state index is 0.306. The molecule has 0 amide bonds. The van der Waals surface area contributed by atoms with Crippen molar-refractivity contribution in [1.82, 2.24) is 4.72 Å². The monoisotopic (exact) mass is 359 g/mol. The van der Waals surface area contributed by atoms with Gasteiger partial charge in [0.25, 0.3) is 0 Å². The van der Waals surface area contributed by atoms with Crippen molar-refractivity contribution >= 4 is 10.0 Å². The van der Waals surface area contributed by atoms with Gasteiger partial charge in [0.2, 0.25) is 10.0 Å². The van der Waals surface area contributed by atoms with Gasteiger partial charge in [0.1, 0.15) is 5.60 Å². The Balaban J connectivity index is 2.14. The molecule has 2 N–H and O–H groups in total. The highest BCUT2D eigenvalue weighted by Gasteiger charge is 2.31. The SMILES string of the molecule is CC(O)(CNS(=O)(=O)c1ccc(C(F)(F)F)cc1)c1ccccc1. The fourth-order valence-corrected chi connectivity index (χ4v) is 3.17. The maximum atomic E-state index is 12.5. The van der Waals surface area contributed by atoms with Gasteiger partial charge >= 0.3 is 6.18 Å². The standard InChI is InChI=1S/C16H16F3NO3S/c1-15(21,12-5-3-2-4-6-12)11-20-24(22,23)14-9-7-13(8-10-14)16(17,18)19/h2-10,20-21H,11H2,1H3. The molecule has 1 atom stereocenters. The van der Waals surface area contributed by atoms with E-state index in [1.54, 1.807) is 30.3 Å². The summed E-state index contributed by atoms with van der Waals surface area (Å²) in [7, 11) is -4.04. The summed E-state index contributed by atoms with van der Waals surface area (Å²) in [6.45, 7) is 1.12. The third kappa shape index (κ3) is 4.34. The molecule has 0 spiro atoms. The van der Waals surface area contributed by atoms with Crippen molar-refractivity contribution < 1.29 is 26.7 Å². The Kier molecular flexibility index (Phi) is 5.03. The second-order valence-corrected chi connectivity index (χ2v) is 7.25. The van der Waals surface area contributed by atoms with E-state index in [4.69, 9.17) is 0 Å². The number of rotatable bonds is 5. The first kappa shape index (κ1) is 18.4. The summed E-state index contributed by atoms with van der Waals surface area (Å²) >= 11 is 0. The first-order chi connectivity index (χ1) is 11.0. The van der Waals surface area contributed by atoms with E-state index in [1.807, 2.05) is 0 Å². The van der Waals surface area contributed by atoms with Crippen molar-refractivity contribution in [3.8, 4) is 0 Å². The molecule has 2 aromatic rings. The van der Waals surface area contributed by atoms with Crippen molar-refractivity contribution in [2.24, 2.45) is 0 Å². The second-order valence-electron chi connectivity index (χ2n) is 5.49. The first-order valence-electron chi connectivity index (χ1n) is 6.97. The summed E-state index contributed by atoms with van der Waals surface area (Å²) in [5, 5.41) is 10.4. The number of benzene rings is 2. The molecule has 2 aromatic carbocycles. The Morgan fingerprint density at radius 2 is 1.50 bits per heavy atom. The van der Waals surface area contributed by atoms with E-state index in [0.29, 0.717) is 17.7 Å². The Morgan fingerprint density at radius 1 is 0.958 bits per heavy atom. The van der Waals surface area contributed by atoms with Crippen LogP contribution in [-0.4, -0.2) is 20.1 Å². The predicted molar refractivity (Wildman–Crippen MR) is 82.6 cm³/mol. The zero-order valence-electron chi connectivity index (χ0n) is 12.7. The lowest BCUT2D eigenvalue weighted by Gasteiger charge is -2.24. The molecule has 0 saturated carbocycles. The zero-order chi connectivity index (χ0) is 18.0. The molecule has 0 aromatic heterocycles. The highest BCUT2D eigenvalue weighted by Crippen LogP contribution is 2.29. The summed E-state index contributed by atoms with van der Waals surface area (Å²) in [6.07, 6.45) is -4.54. The van der Waals surface area contributed by atoms with Gasteiger partial charge in [0.15, 0.2) is 0 Å². The zero-order valence-corrected chi connectivity index (χ0v) is 13.5. The summed E-state index contributed by atoms with van der Waals surface area (Å²) < 4.78 is 64.1. The molecule has 0 heterocycles. The average molecular weight is 359 g/mol. The molecule has 0 aliphatic heterocycles. The topological polar surface area (TPSA) is 66.4 Å². The molecule has 4 nitrogen and oxygen atoms in total. The van der Waals surface area contributed by atoms with Crippen LogP contribution >= 0.6 is 0 Å². The van der Waals surface area contributed by atoms with Gasteiger partial charge in [0, 0.05) is 6.54 Å². The van der Waals surface area contributed by atoms with Crippen molar-refractivity contribution in [1.29, 1.82) is 0 Å². The molecule has 0 aliphatic carbocycles. The smallest absolute Gasteiger partial charge is 0.384 e. The largest absolute Gasteiger partial charge is 0.416 e. The number of halogens is 3. The lowest BCUT2D eigenvalue weighted by Crippen LogP contribution is -2.38. The molecular weight excluding hydrogens is 343 g/mol. The van der Waals surface area contributed by atoms with Crippen molar-refractivity contribution in [2.75, 3.05) is 6.54 Å². The molecule has 1 unspecified atom stereocenters. The van der Waals surface area contributed by atoms with Crippen LogP contribution in [0.5, 0.6) is 0 Å². The summed E-state index contributed by atoms with van der Waals surface area (Å²) in [5.41, 5.74) is -1.88. The van der Waals surface area contributed by atoms with E-state index in [-0.39, 0.29) is 11.4 Å². The third-order valence-corrected chi connectivity index (χ3v) is 4.91. The molecule has 0 fully saturated rings. The normalized spacial score (nSPS) is 15.0. The van der Waals surface area contributed by atoms with Gasteiger partial charge < -0.3 is 5.11 Å². The summed E-state index contributed by atoms with van der Waals surface area (Å²) in [6, 6.07) is 11.6. The number of hydrogen-bond acceptors (Lipinski definition) is 3. The van der Waals surface area contributed by atoms with Crippen LogP contribution in [0.3, 0.4) is 0 Å². The molecule has 0 radical (unpaired) electrons. The molecule has 24 heavy (non-hydrogen) atoms. The van der Waals surface area contributed by atoms with Gasteiger partial charge in [-0.1, -0.05) is 30.3 Å². The quantitative estimate of drug-likeness (QED) is 0.863. The Bertz CT molecular complexity index is 786. The van der Waals surface area contributed by atoms with Gasteiger partial charge in [0.05, 0.1) is 10.5 Å². The van der Waals surface area contributed by atoms with E-state index in [9.17, 15) is 26.7 Å². The van der Waals surface area contributed by atoms with Crippen molar-refractivity contribution in [2.45, 2.75) is 23.6 Å². The Morgan fingerprint density at radius 3 is 2.00 bits per heavy atom. The maximum Gasteiger partial charge on any atom is 0.416 e. The minimum Gasteiger partial charge on any atom is -0.384 e. The van der Waals surface area contributed by atoms with Crippen molar-refractivity contribution in [3.63, 3.8) is 0 Å². The van der Waals surface area contributed by atoms with E-state index >= 15 is 0 Å². The van der Waals surface area contributed by atoms with Gasteiger partial charge in [-0.05, 0) is 36.8 Å². The van der Waals surface area contributed by atoms with Crippen LogP contribution in [-0.2, 0) is 21.8 Å². The highest BCUT2D eigenvalue weighted by molar-refractivity contribution is 7.89. The van der Waals surface area contributed by atoms with Crippen LogP contribution in [0.2, 0.25) is 0 Å². The van der Waals surface area contributed by atoms with Crippen LogP contribution in [0.15, 0.2) is 59.5 Å². The van der Waals surface area contributed by atoms with E-state index in [2.05, 4.69) is 4.72 Å². The molecule has 0 aliphatic rings. The van der Waals surface area contributed by atoms with Crippen LogP contribution in [0.4, 0.5) is 13.2 Å². The van der Waals surface area contributed by atoms with Gasteiger partial charge in [-0.2, -0.15) is 13.2 Å². The number of nitrogens with one attached hydrogen (secondary N) is 1. The predicted octanol–water partition coefficient (Wildman–Crippen LogP) is 2.89. The molecular formula is C16H16F3NO3S. The maximum absolute atomic E-state index is 12.5. The fraction of sp³-hybridized carbons (Fsp3) is 0.250. The van der Waals surface area contributed by atoms with Crippen LogP contribution in [0, 0.1) is 0 Å². The lowest BCUT2D eigenvalue weighted by molar-refractivity contribution is -0.137.